The molecule has 0 bridgehead atoms. The fourth-order valence-corrected chi connectivity index (χ4v) is 3.05. The van der Waals surface area contributed by atoms with Gasteiger partial charge >= 0.3 is 0 Å². The Hall–Kier alpha value is -1.64. The molecule has 0 atom stereocenters. The molecule has 0 aliphatic carbocycles. The van der Waals surface area contributed by atoms with Gasteiger partial charge in [0.2, 0.25) is 0 Å². The average Bonchev–Trinajstić information content (AvgIpc) is 3.17. The van der Waals surface area contributed by atoms with E-state index in [9.17, 15) is 9.59 Å². The van der Waals surface area contributed by atoms with Crippen molar-refractivity contribution >= 4 is 41.8 Å². The number of nitrogens with one attached hydrogen (secondary N) is 1. The average molecular weight is 442 g/mol. The molecule has 130 valence electrons. The maximum absolute atomic E-state index is 12.3. The summed E-state index contributed by atoms with van der Waals surface area (Å²) in [7, 11) is 0. The van der Waals surface area contributed by atoms with E-state index in [0.29, 0.717) is 24.2 Å². The van der Waals surface area contributed by atoms with E-state index in [-0.39, 0.29) is 35.8 Å². The van der Waals surface area contributed by atoms with Crippen LogP contribution < -0.4 is 5.32 Å². The summed E-state index contributed by atoms with van der Waals surface area (Å²) in [4.78, 5) is 32.7. The third-order valence-corrected chi connectivity index (χ3v) is 4.20. The van der Waals surface area contributed by atoms with E-state index in [2.05, 4.69) is 15.2 Å². The molecule has 0 radical (unpaired) electrons. The number of halogens is 1. The third-order valence-electron chi connectivity index (χ3n) is 4.20. The van der Waals surface area contributed by atoms with E-state index in [0.717, 1.165) is 25.6 Å². The first-order chi connectivity index (χ1) is 11.2. The number of nitrogens with zero attached hydrogens (tertiary/aromatic N) is 3. The van der Waals surface area contributed by atoms with E-state index in [1.165, 1.54) is 17.7 Å². The lowest BCUT2D eigenvalue weighted by Crippen LogP contribution is -2.40. The van der Waals surface area contributed by atoms with Gasteiger partial charge in [0.1, 0.15) is 0 Å². The minimum absolute atomic E-state index is 0. The van der Waals surface area contributed by atoms with Gasteiger partial charge in [-0.2, -0.15) is 0 Å². The van der Waals surface area contributed by atoms with Crippen molar-refractivity contribution in [3.63, 3.8) is 0 Å². The predicted octanol–water partition coefficient (Wildman–Crippen LogP) is 1.96. The summed E-state index contributed by atoms with van der Waals surface area (Å²) in [6.45, 7) is 5.61. The molecule has 24 heavy (non-hydrogen) atoms. The van der Waals surface area contributed by atoms with Crippen LogP contribution in [-0.4, -0.2) is 60.3 Å². The van der Waals surface area contributed by atoms with Crippen molar-refractivity contribution in [1.82, 2.24) is 15.1 Å². The summed E-state index contributed by atoms with van der Waals surface area (Å²) in [6, 6.07) is 6.96. The number of amides is 2. The monoisotopic (exact) mass is 442 g/mol. The van der Waals surface area contributed by atoms with Crippen LogP contribution in [0.5, 0.6) is 0 Å². The van der Waals surface area contributed by atoms with Crippen LogP contribution in [0.15, 0.2) is 29.3 Å². The topological polar surface area (TPSA) is 65.0 Å². The van der Waals surface area contributed by atoms with E-state index >= 15 is 0 Å². The molecule has 0 unspecified atom stereocenters. The SMILES string of the molecule is CCNC(=NCCN1C(=O)c2ccccc2C1=O)N1CCCC1.I. The zero-order valence-electron chi connectivity index (χ0n) is 13.8. The highest BCUT2D eigenvalue weighted by molar-refractivity contribution is 14.0. The highest BCUT2D eigenvalue weighted by Gasteiger charge is 2.34. The van der Waals surface area contributed by atoms with Gasteiger partial charge in [0.25, 0.3) is 11.8 Å². The van der Waals surface area contributed by atoms with Gasteiger partial charge in [-0.05, 0) is 31.9 Å². The normalized spacial score (nSPS) is 17.1. The van der Waals surface area contributed by atoms with Crippen molar-refractivity contribution in [3.8, 4) is 0 Å². The van der Waals surface area contributed by atoms with Gasteiger partial charge in [-0.15, -0.1) is 24.0 Å². The number of fused-ring (bicyclic) bond motifs is 1. The first kappa shape index (κ1) is 18.7. The smallest absolute Gasteiger partial charge is 0.261 e. The largest absolute Gasteiger partial charge is 0.357 e. The van der Waals surface area contributed by atoms with Crippen LogP contribution in [0.4, 0.5) is 0 Å². The fourth-order valence-electron chi connectivity index (χ4n) is 3.05. The Kier molecular flexibility index (Phi) is 6.59. The molecule has 0 spiro atoms. The first-order valence-corrected chi connectivity index (χ1v) is 8.21. The second-order valence-corrected chi connectivity index (χ2v) is 5.74. The molecule has 2 aliphatic heterocycles. The lowest BCUT2D eigenvalue weighted by molar-refractivity contribution is 0.0659. The highest BCUT2D eigenvalue weighted by atomic mass is 127. The molecule has 2 aliphatic rings. The van der Waals surface area contributed by atoms with Gasteiger partial charge in [0, 0.05) is 26.2 Å². The number of carbonyl (C=O) groups is 2. The maximum atomic E-state index is 12.3. The summed E-state index contributed by atoms with van der Waals surface area (Å²) in [5, 5.41) is 3.28. The number of hydrogen-bond donors (Lipinski definition) is 1. The standard InChI is InChI=1S/C17H22N4O2.HI/c1-2-18-17(20-10-5-6-11-20)19-9-12-21-15(22)13-7-3-4-8-14(13)16(21)23;/h3-4,7-8H,2,5-6,9-12H2,1H3,(H,18,19);1H. The Morgan fingerprint density at radius 2 is 1.71 bits per heavy atom. The van der Waals surface area contributed by atoms with Gasteiger partial charge < -0.3 is 10.2 Å². The number of guanidine groups is 1. The molecule has 1 fully saturated rings. The lowest BCUT2D eigenvalue weighted by atomic mass is 10.1. The van der Waals surface area contributed by atoms with Crippen LogP contribution in [0, 0.1) is 0 Å². The maximum Gasteiger partial charge on any atom is 0.261 e. The predicted molar refractivity (Wildman–Crippen MR) is 104 cm³/mol. The molecule has 2 heterocycles. The van der Waals surface area contributed by atoms with Crippen molar-refractivity contribution in [1.29, 1.82) is 0 Å². The van der Waals surface area contributed by atoms with Gasteiger partial charge in [0.15, 0.2) is 5.96 Å². The molecule has 1 saturated heterocycles. The van der Waals surface area contributed by atoms with Crippen LogP contribution in [-0.2, 0) is 0 Å². The number of likely N-dealkylation sites (tertiary alicyclic amines) is 1. The quantitative estimate of drug-likeness (QED) is 0.335. The van der Waals surface area contributed by atoms with E-state index in [4.69, 9.17) is 0 Å². The number of hydrogen-bond acceptors (Lipinski definition) is 3. The second-order valence-electron chi connectivity index (χ2n) is 5.74. The third kappa shape index (κ3) is 3.71. The Balaban J connectivity index is 0.00000208. The molecule has 1 aromatic carbocycles. The van der Waals surface area contributed by atoms with E-state index in [1.54, 1.807) is 24.3 Å². The molecule has 1 aromatic rings. The molecule has 2 amide bonds. The zero-order valence-corrected chi connectivity index (χ0v) is 16.2. The summed E-state index contributed by atoms with van der Waals surface area (Å²) < 4.78 is 0. The number of carbonyl (C=O) groups excluding carboxylic acids is 2. The Labute approximate surface area is 159 Å². The Morgan fingerprint density at radius 3 is 2.25 bits per heavy atom. The molecule has 6 nitrogen and oxygen atoms in total. The van der Waals surface area contributed by atoms with Crippen molar-refractivity contribution < 1.29 is 9.59 Å². The van der Waals surface area contributed by atoms with Crippen LogP contribution in [0.3, 0.4) is 0 Å². The molecular formula is C17H23IN4O2. The number of imide groups is 1. The molecule has 0 aromatic heterocycles. The van der Waals surface area contributed by atoms with Gasteiger partial charge in [-0.1, -0.05) is 12.1 Å². The van der Waals surface area contributed by atoms with Crippen molar-refractivity contribution in [2.24, 2.45) is 4.99 Å². The number of benzene rings is 1. The first-order valence-electron chi connectivity index (χ1n) is 8.21. The van der Waals surface area contributed by atoms with Gasteiger partial charge in [0.05, 0.1) is 17.7 Å². The minimum atomic E-state index is -0.216. The van der Waals surface area contributed by atoms with Gasteiger partial charge in [-0.3, -0.25) is 19.5 Å². The fraction of sp³-hybridized carbons (Fsp3) is 0.471. The molecule has 1 N–H and O–H groups in total. The number of aliphatic imine (C=N–C) groups is 1. The number of rotatable bonds is 4. The molecule has 3 rings (SSSR count). The van der Waals surface area contributed by atoms with Crippen LogP contribution in [0.2, 0.25) is 0 Å². The van der Waals surface area contributed by atoms with E-state index in [1.807, 2.05) is 6.92 Å². The molecule has 0 saturated carbocycles. The summed E-state index contributed by atoms with van der Waals surface area (Å²) in [5.74, 6) is 0.445. The summed E-state index contributed by atoms with van der Waals surface area (Å²) in [5.41, 5.74) is 0.987. The van der Waals surface area contributed by atoms with Crippen molar-refractivity contribution in [2.45, 2.75) is 19.8 Å². The Morgan fingerprint density at radius 1 is 1.12 bits per heavy atom. The van der Waals surface area contributed by atoms with Crippen LogP contribution >= 0.6 is 24.0 Å². The summed E-state index contributed by atoms with van der Waals surface area (Å²) in [6.07, 6.45) is 2.37. The van der Waals surface area contributed by atoms with E-state index < -0.39 is 0 Å². The second kappa shape index (κ2) is 8.46. The zero-order chi connectivity index (χ0) is 16.2. The van der Waals surface area contributed by atoms with Crippen LogP contribution in [0.25, 0.3) is 0 Å². The van der Waals surface area contributed by atoms with Gasteiger partial charge in [-0.25, -0.2) is 0 Å². The minimum Gasteiger partial charge on any atom is -0.357 e. The van der Waals surface area contributed by atoms with Crippen molar-refractivity contribution in [2.75, 3.05) is 32.7 Å². The Bertz CT molecular complexity index is 606. The molecular weight excluding hydrogens is 419 g/mol. The molecule has 7 heteroatoms. The van der Waals surface area contributed by atoms with Crippen molar-refractivity contribution in [3.05, 3.63) is 35.4 Å². The lowest BCUT2D eigenvalue weighted by Gasteiger charge is -2.21. The highest BCUT2D eigenvalue weighted by Crippen LogP contribution is 2.21. The van der Waals surface area contributed by atoms with Crippen LogP contribution in [0.1, 0.15) is 40.5 Å². The summed E-state index contributed by atoms with van der Waals surface area (Å²) >= 11 is 0.